The second-order valence-electron chi connectivity index (χ2n) is 6.62. The molecule has 26 heavy (non-hydrogen) atoms. The van der Waals surface area contributed by atoms with Crippen LogP contribution < -0.4 is 5.73 Å². The number of hydrogen-bond donors (Lipinski definition) is 1. The zero-order valence-electron chi connectivity index (χ0n) is 14.3. The SMILES string of the molecule is NC(=O)Cn1ccnc1[C@H]1CCCN(C(=O)c2cc3ccccc3s2)C1. The van der Waals surface area contributed by atoms with Crippen LogP contribution in [-0.2, 0) is 11.3 Å². The molecule has 2 amide bonds. The van der Waals surface area contributed by atoms with Crippen LogP contribution >= 0.6 is 11.3 Å². The molecule has 1 aromatic carbocycles. The van der Waals surface area contributed by atoms with Gasteiger partial charge in [0.1, 0.15) is 12.4 Å². The molecule has 7 heteroatoms. The summed E-state index contributed by atoms with van der Waals surface area (Å²) in [6, 6.07) is 10.0. The van der Waals surface area contributed by atoms with Crippen molar-refractivity contribution in [2.24, 2.45) is 5.73 Å². The van der Waals surface area contributed by atoms with Crippen molar-refractivity contribution < 1.29 is 9.59 Å². The molecular formula is C19H20N4O2S. The molecule has 0 bridgehead atoms. The van der Waals surface area contributed by atoms with Crippen molar-refractivity contribution in [2.75, 3.05) is 13.1 Å². The molecule has 134 valence electrons. The molecule has 0 spiro atoms. The minimum absolute atomic E-state index is 0.0731. The highest BCUT2D eigenvalue weighted by atomic mass is 32.1. The van der Waals surface area contributed by atoms with Crippen molar-refractivity contribution in [3.8, 4) is 0 Å². The van der Waals surface area contributed by atoms with Crippen molar-refractivity contribution in [3.05, 3.63) is 53.4 Å². The zero-order valence-corrected chi connectivity index (χ0v) is 15.1. The van der Waals surface area contributed by atoms with E-state index < -0.39 is 5.91 Å². The number of thiophene rings is 1. The van der Waals surface area contributed by atoms with Gasteiger partial charge in [-0.2, -0.15) is 0 Å². The summed E-state index contributed by atoms with van der Waals surface area (Å²) in [6.45, 7) is 1.49. The molecule has 0 saturated carbocycles. The summed E-state index contributed by atoms with van der Waals surface area (Å²) in [7, 11) is 0. The van der Waals surface area contributed by atoms with Crippen LogP contribution in [0.2, 0.25) is 0 Å². The van der Waals surface area contributed by atoms with E-state index in [4.69, 9.17) is 5.73 Å². The third-order valence-corrected chi connectivity index (χ3v) is 5.89. The Balaban J connectivity index is 1.54. The van der Waals surface area contributed by atoms with E-state index in [0.29, 0.717) is 6.54 Å². The zero-order chi connectivity index (χ0) is 18.1. The topological polar surface area (TPSA) is 81.2 Å². The van der Waals surface area contributed by atoms with E-state index in [-0.39, 0.29) is 18.4 Å². The number of amides is 2. The van der Waals surface area contributed by atoms with E-state index in [9.17, 15) is 9.59 Å². The van der Waals surface area contributed by atoms with Gasteiger partial charge in [-0.25, -0.2) is 4.98 Å². The van der Waals surface area contributed by atoms with Crippen LogP contribution in [0.15, 0.2) is 42.7 Å². The quantitative estimate of drug-likeness (QED) is 0.768. The van der Waals surface area contributed by atoms with Crippen LogP contribution in [0.25, 0.3) is 10.1 Å². The van der Waals surface area contributed by atoms with E-state index in [2.05, 4.69) is 4.98 Å². The molecule has 2 aromatic heterocycles. The highest BCUT2D eigenvalue weighted by molar-refractivity contribution is 7.20. The molecule has 2 N–H and O–H groups in total. The molecule has 0 aliphatic carbocycles. The molecule has 1 fully saturated rings. The summed E-state index contributed by atoms with van der Waals surface area (Å²) in [5.74, 6) is 0.635. The molecular weight excluding hydrogens is 348 g/mol. The number of nitrogens with two attached hydrogens (primary N) is 1. The van der Waals surface area contributed by atoms with Crippen LogP contribution in [0.5, 0.6) is 0 Å². The van der Waals surface area contributed by atoms with Gasteiger partial charge in [0, 0.05) is 36.1 Å². The van der Waals surface area contributed by atoms with Crippen LogP contribution in [0.1, 0.15) is 34.3 Å². The Morgan fingerprint density at radius 3 is 2.96 bits per heavy atom. The number of likely N-dealkylation sites (tertiary alicyclic amines) is 1. The highest BCUT2D eigenvalue weighted by Crippen LogP contribution is 2.30. The Kier molecular flexibility index (Phi) is 4.46. The van der Waals surface area contributed by atoms with E-state index in [1.54, 1.807) is 17.0 Å². The first-order valence-corrected chi connectivity index (χ1v) is 9.50. The van der Waals surface area contributed by atoms with Gasteiger partial charge in [-0.05, 0) is 30.4 Å². The normalized spacial score (nSPS) is 17.5. The van der Waals surface area contributed by atoms with Crippen LogP contribution in [0, 0.1) is 0 Å². The maximum atomic E-state index is 13.0. The Morgan fingerprint density at radius 1 is 1.31 bits per heavy atom. The average Bonchev–Trinajstić information content (AvgIpc) is 3.27. The minimum atomic E-state index is -0.390. The van der Waals surface area contributed by atoms with Crippen LogP contribution in [-0.4, -0.2) is 39.4 Å². The molecule has 1 saturated heterocycles. The number of rotatable bonds is 4. The molecule has 0 unspecified atom stereocenters. The lowest BCUT2D eigenvalue weighted by atomic mass is 9.97. The predicted molar refractivity (Wildman–Crippen MR) is 101 cm³/mol. The van der Waals surface area contributed by atoms with Crippen molar-refractivity contribution in [1.82, 2.24) is 14.5 Å². The van der Waals surface area contributed by atoms with E-state index in [1.165, 1.54) is 11.3 Å². The van der Waals surface area contributed by atoms with Gasteiger partial charge >= 0.3 is 0 Å². The molecule has 4 rings (SSSR count). The molecule has 1 aliphatic rings. The lowest BCUT2D eigenvalue weighted by molar-refractivity contribution is -0.118. The van der Waals surface area contributed by atoms with Gasteiger partial charge in [0.25, 0.3) is 5.91 Å². The second-order valence-corrected chi connectivity index (χ2v) is 7.70. The number of benzene rings is 1. The van der Waals surface area contributed by atoms with Crippen LogP contribution in [0.4, 0.5) is 0 Å². The standard InChI is InChI=1S/C19H20N4O2S/c20-17(24)12-22-9-7-21-18(22)14-5-3-8-23(11-14)19(25)16-10-13-4-1-2-6-15(13)26-16/h1-2,4,6-7,9-10,14H,3,5,8,11-12H2,(H2,20,24)/t14-/m0/s1. The first kappa shape index (κ1) is 16.8. The summed E-state index contributed by atoms with van der Waals surface area (Å²) in [6.07, 6.45) is 5.33. The van der Waals surface area contributed by atoms with Gasteiger partial charge in [0.2, 0.25) is 5.91 Å². The average molecular weight is 368 g/mol. The number of primary amides is 1. The maximum absolute atomic E-state index is 13.0. The largest absolute Gasteiger partial charge is 0.368 e. The van der Waals surface area contributed by atoms with Gasteiger partial charge in [-0.15, -0.1) is 11.3 Å². The fraction of sp³-hybridized carbons (Fsp3) is 0.316. The Morgan fingerprint density at radius 2 is 2.15 bits per heavy atom. The van der Waals surface area contributed by atoms with E-state index >= 15 is 0 Å². The Hall–Kier alpha value is -2.67. The lowest BCUT2D eigenvalue weighted by Gasteiger charge is -2.32. The van der Waals surface area contributed by atoms with Crippen molar-refractivity contribution in [3.63, 3.8) is 0 Å². The van der Waals surface area contributed by atoms with Gasteiger partial charge < -0.3 is 15.2 Å². The summed E-state index contributed by atoms with van der Waals surface area (Å²) in [5.41, 5.74) is 5.32. The van der Waals surface area contributed by atoms with Gasteiger partial charge in [0.05, 0.1) is 4.88 Å². The van der Waals surface area contributed by atoms with E-state index in [0.717, 1.165) is 40.2 Å². The number of fused-ring (bicyclic) bond motifs is 1. The third kappa shape index (κ3) is 3.22. The molecule has 3 heterocycles. The molecule has 0 radical (unpaired) electrons. The number of imidazole rings is 1. The summed E-state index contributed by atoms with van der Waals surface area (Å²) >= 11 is 1.54. The summed E-state index contributed by atoms with van der Waals surface area (Å²) in [4.78, 5) is 31.3. The second kappa shape index (κ2) is 6.92. The lowest BCUT2D eigenvalue weighted by Crippen LogP contribution is -2.39. The maximum Gasteiger partial charge on any atom is 0.263 e. The third-order valence-electron chi connectivity index (χ3n) is 4.78. The predicted octanol–water partition coefficient (Wildman–Crippen LogP) is 2.60. The monoisotopic (exact) mass is 368 g/mol. The number of aromatic nitrogens is 2. The number of carbonyl (C=O) groups is 2. The molecule has 1 aliphatic heterocycles. The molecule has 1 atom stereocenters. The van der Waals surface area contributed by atoms with Gasteiger partial charge in [-0.1, -0.05) is 18.2 Å². The smallest absolute Gasteiger partial charge is 0.263 e. The molecule has 3 aromatic rings. The minimum Gasteiger partial charge on any atom is -0.368 e. The fourth-order valence-electron chi connectivity index (χ4n) is 3.60. The van der Waals surface area contributed by atoms with Crippen molar-refractivity contribution >= 4 is 33.2 Å². The number of piperidine rings is 1. The fourth-order valence-corrected chi connectivity index (χ4v) is 4.63. The number of carbonyl (C=O) groups excluding carboxylic acids is 2. The number of hydrogen-bond acceptors (Lipinski definition) is 4. The van der Waals surface area contributed by atoms with Crippen LogP contribution in [0.3, 0.4) is 0 Å². The first-order valence-electron chi connectivity index (χ1n) is 8.69. The summed E-state index contributed by atoms with van der Waals surface area (Å²) < 4.78 is 2.92. The highest BCUT2D eigenvalue weighted by Gasteiger charge is 2.28. The van der Waals surface area contributed by atoms with Gasteiger partial charge in [-0.3, -0.25) is 9.59 Å². The summed E-state index contributed by atoms with van der Waals surface area (Å²) in [5, 5.41) is 1.10. The molecule has 6 nitrogen and oxygen atoms in total. The Bertz CT molecular complexity index is 928. The first-order chi connectivity index (χ1) is 12.6. The van der Waals surface area contributed by atoms with E-state index in [1.807, 2.05) is 35.2 Å². The van der Waals surface area contributed by atoms with Crippen molar-refractivity contribution in [1.29, 1.82) is 0 Å². The Labute approximate surface area is 155 Å². The number of nitrogens with zero attached hydrogens (tertiary/aromatic N) is 3. The van der Waals surface area contributed by atoms with Gasteiger partial charge in [0.15, 0.2) is 0 Å². The van der Waals surface area contributed by atoms with Crippen molar-refractivity contribution in [2.45, 2.75) is 25.3 Å².